The molecule has 0 aliphatic heterocycles. The average molecular weight is 321 g/mol. The summed E-state index contributed by atoms with van der Waals surface area (Å²) in [4.78, 5) is 0. The molecule has 3 rings (SSSR count). The molecule has 1 nitrogen and oxygen atoms in total. The van der Waals surface area contributed by atoms with Gasteiger partial charge in [0.15, 0.2) is 0 Å². The van der Waals surface area contributed by atoms with E-state index < -0.39 is 7.26 Å². The number of aliphatic hydroxyl groups excluding tert-OH is 1. The maximum absolute atomic E-state index is 9.87. The van der Waals surface area contributed by atoms with E-state index in [1.54, 1.807) is 0 Å². The highest BCUT2D eigenvalue weighted by atomic mass is 31.2. The standard InChI is InChI=1S/C21H22OP/c1-18-12-14-21(15-13-18)23(17-16-22,19-8-4-2-5-9-19)20-10-6-3-7-11-20/h2-15,22H,16-17H2,1H3/q+1. The third-order valence-corrected chi connectivity index (χ3v) is 8.71. The highest BCUT2D eigenvalue weighted by molar-refractivity contribution is 7.95. The fraction of sp³-hybridized carbons (Fsp3) is 0.143. The van der Waals surface area contributed by atoms with Crippen LogP contribution in [0.25, 0.3) is 0 Å². The van der Waals surface area contributed by atoms with Crippen LogP contribution < -0.4 is 15.9 Å². The Morgan fingerprint density at radius 1 is 0.652 bits per heavy atom. The maximum Gasteiger partial charge on any atom is 0.114 e. The van der Waals surface area contributed by atoms with Crippen molar-refractivity contribution in [2.24, 2.45) is 0 Å². The minimum Gasteiger partial charge on any atom is -0.393 e. The zero-order valence-electron chi connectivity index (χ0n) is 13.4. The van der Waals surface area contributed by atoms with Crippen molar-refractivity contribution in [2.75, 3.05) is 12.8 Å². The molecule has 0 heterocycles. The molecule has 3 aromatic rings. The van der Waals surface area contributed by atoms with E-state index in [1.165, 1.54) is 21.5 Å². The van der Waals surface area contributed by atoms with E-state index in [-0.39, 0.29) is 6.61 Å². The number of benzene rings is 3. The van der Waals surface area contributed by atoms with Gasteiger partial charge in [0, 0.05) is 0 Å². The van der Waals surface area contributed by atoms with Crippen LogP contribution in [-0.4, -0.2) is 17.9 Å². The van der Waals surface area contributed by atoms with Gasteiger partial charge in [0.2, 0.25) is 0 Å². The molecule has 0 aliphatic carbocycles. The van der Waals surface area contributed by atoms with Crippen molar-refractivity contribution in [3.8, 4) is 0 Å². The quantitative estimate of drug-likeness (QED) is 0.715. The summed E-state index contributed by atoms with van der Waals surface area (Å²) in [6.07, 6.45) is 0.768. The molecule has 116 valence electrons. The molecule has 23 heavy (non-hydrogen) atoms. The van der Waals surface area contributed by atoms with Crippen LogP contribution in [0.5, 0.6) is 0 Å². The predicted molar refractivity (Wildman–Crippen MR) is 102 cm³/mol. The molecular formula is C21H22OP+. The molecule has 0 atom stereocenters. The number of hydrogen-bond acceptors (Lipinski definition) is 1. The average Bonchev–Trinajstić information content (AvgIpc) is 2.62. The summed E-state index contributed by atoms with van der Waals surface area (Å²) in [5.74, 6) is 0. The molecule has 0 unspecified atom stereocenters. The Morgan fingerprint density at radius 2 is 1.09 bits per heavy atom. The first-order chi connectivity index (χ1) is 11.3. The Bertz CT molecular complexity index is 696. The highest BCUT2D eigenvalue weighted by Crippen LogP contribution is 2.54. The number of hydrogen-bond donors (Lipinski definition) is 1. The van der Waals surface area contributed by atoms with Crippen molar-refractivity contribution < 1.29 is 5.11 Å². The van der Waals surface area contributed by atoms with E-state index >= 15 is 0 Å². The Hall–Kier alpha value is -1.95. The van der Waals surface area contributed by atoms with Crippen molar-refractivity contribution in [2.45, 2.75) is 6.92 Å². The molecule has 3 aromatic carbocycles. The van der Waals surface area contributed by atoms with Gasteiger partial charge in [-0.25, -0.2) is 0 Å². The van der Waals surface area contributed by atoms with Gasteiger partial charge in [0.05, 0.1) is 12.8 Å². The fourth-order valence-corrected chi connectivity index (χ4v) is 7.14. The summed E-state index contributed by atoms with van der Waals surface area (Å²) in [5, 5.41) is 13.8. The molecule has 1 N–H and O–H groups in total. The molecule has 0 saturated heterocycles. The number of aryl methyl sites for hydroxylation is 1. The topological polar surface area (TPSA) is 20.2 Å². The molecule has 0 radical (unpaired) electrons. The summed E-state index contributed by atoms with van der Waals surface area (Å²) < 4.78 is 0. The Kier molecular flexibility index (Phi) is 4.91. The summed E-state index contributed by atoms with van der Waals surface area (Å²) in [6, 6.07) is 30.1. The van der Waals surface area contributed by atoms with Crippen molar-refractivity contribution in [3.63, 3.8) is 0 Å². The van der Waals surface area contributed by atoms with Gasteiger partial charge >= 0.3 is 0 Å². The van der Waals surface area contributed by atoms with Crippen LogP contribution >= 0.6 is 7.26 Å². The Labute approximate surface area is 139 Å². The van der Waals surface area contributed by atoms with Gasteiger partial charge in [0.1, 0.15) is 23.2 Å². The number of aliphatic hydroxyl groups is 1. The van der Waals surface area contributed by atoms with Gasteiger partial charge in [-0.2, -0.15) is 0 Å². The van der Waals surface area contributed by atoms with Crippen LogP contribution in [0.1, 0.15) is 5.56 Å². The smallest absolute Gasteiger partial charge is 0.114 e. The summed E-state index contributed by atoms with van der Waals surface area (Å²) in [5.41, 5.74) is 1.26. The third-order valence-electron chi connectivity index (χ3n) is 4.30. The zero-order chi connectivity index (χ0) is 16.1. The molecule has 0 spiro atoms. The first kappa shape index (κ1) is 15.9. The molecule has 0 bridgehead atoms. The van der Waals surface area contributed by atoms with Crippen molar-refractivity contribution in [3.05, 3.63) is 90.5 Å². The summed E-state index contributed by atoms with van der Waals surface area (Å²) in [6.45, 7) is 2.30. The second kappa shape index (κ2) is 7.08. The van der Waals surface area contributed by atoms with E-state index in [2.05, 4.69) is 91.9 Å². The molecule has 0 amide bonds. The predicted octanol–water partition coefficient (Wildman–Crippen LogP) is 3.28. The molecule has 0 aliphatic rings. The lowest BCUT2D eigenvalue weighted by atomic mass is 10.2. The SMILES string of the molecule is Cc1ccc([P+](CCO)(c2ccccc2)c2ccccc2)cc1. The second-order valence-corrected chi connectivity index (χ2v) is 9.38. The molecule has 2 heteroatoms. The second-order valence-electron chi connectivity index (χ2n) is 5.76. The van der Waals surface area contributed by atoms with Crippen LogP contribution in [0.3, 0.4) is 0 Å². The largest absolute Gasteiger partial charge is 0.393 e. The van der Waals surface area contributed by atoms with Crippen LogP contribution in [0.4, 0.5) is 0 Å². The van der Waals surface area contributed by atoms with E-state index in [4.69, 9.17) is 0 Å². The lowest BCUT2D eigenvalue weighted by Crippen LogP contribution is -2.34. The lowest BCUT2D eigenvalue weighted by Gasteiger charge is -2.27. The molecule has 0 aromatic heterocycles. The monoisotopic (exact) mass is 321 g/mol. The molecule has 0 fully saturated rings. The summed E-state index contributed by atoms with van der Waals surface area (Å²) in [7, 11) is -1.82. The van der Waals surface area contributed by atoms with Crippen LogP contribution in [-0.2, 0) is 0 Å². The van der Waals surface area contributed by atoms with Crippen molar-refractivity contribution in [1.29, 1.82) is 0 Å². The zero-order valence-corrected chi connectivity index (χ0v) is 14.3. The first-order valence-electron chi connectivity index (χ1n) is 7.95. The number of rotatable bonds is 5. The van der Waals surface area contributed by atoms with Crippen molar-refractivity contribution >= 4 is 23.2 Å². The van der Waals surface area contributed by atoms with E-state index in [9.17, 15) is 5.11 Å². The maximum atomic E-state index is 9.87. The minimum absolute atomic E-state index is 0.186. The van der Waals surface area contributed by atoms with E-state index in [0.29, 0.717) is 0 Å². The third kappa shape index (κ3) is 3.08. The van der Waals surface area contributed by atoms with Gasteiger partial charge in [-0.3, -0.25) is 0 Å². The summed E-state index contributed by atoms with van der Waals surface area (Å²) >= 11 is 0. The lowest BCUT2D eigenvalue weighted by molar-refractivity contribution is 0.321. The van der Waals surface area contributed by atoms with Gasteiger partial charge in [-0.05, 0) is 43.3 Å². The molecular weight excluding hydrogens is 299 g/mol. The van der Waals surface area contributed by atoms with E-state index in [0.717, 1.165) is 6.16 Å². The Balaban J connectivity index is 2.28. The normalized spacial score (nSPS) is 11.4. The van der Waals surface area contributed by atoms with Crippen molar-refractivity contribution in [1.82, 2.24) is 0 Å². The first-order valence-corrected chi connectivity index (χ1v) is 9.92. The van der Waals surface area contributed by atoms with Gasteiger partial charge in [-0.1, -0.05) is 54.1 Å². The highest BCUT2D eigenvalue weighted by Gasteiger charge is 2.44. The van der Waals surface area contributed by atoms with Gasteiger partial charge < -0.3 is 5.11 Å². The van der Waals surface area contributed by atoms with Gasteiger partial charge in [0.25, 0.3) is 0 Å². The van der Waals surface area contributed by atoms with Crippen LogP contribution in [0.15, 0.2) is 84.9 Å². The van der Waals surface area contributed by atoms with Crippen LogP contribution in [0, 0.1) is 6.92 Å². The minimum atomic E-state index is -1.82. The van der Waals surface area contributed by atoms with Gasteiger partial charge in [-0.15, -0.1) is 0 Å². The van der Waals surface area contributed by atoms with Crippen LogP contribution in [0.2, 0.25) is 0 Å². The molecule has 0 saturated carbocycles. The fourth-order valence-electron chi connectivity index (χ4n) is 3.15. The Morgan fingerprint density at radius 3 is 1.52 bits per heavy atom. The van der Waals surface area contributed by atoms with E-state index in [1.807, 2.05) is 0 Å².